The minimum absolute atomic E-state index is 0. The number of rotatable bonds is 0. The standard InChI is InChI=1S/C4H8O.CH2O2.CH4O.H3N/c1-2-4-5-3-1;2-1-3;1-2;/h1-4H2;1H,(H,2,3);2H,1H3;1H3. The first-order valence-corrected chi connectivity index (χ1v) is 3.02. The fourth-order valence-electron chi connectivity index (χ4n) is 0.510. The van der Waals surface area contributed by atoms with E-state index in [0.717, 1.165) is 20.3 Å². The van der Waals surface area contributed by atoms with Crippen LogP contribution in [-0.4, -0.2) is 37.0 Å². The van der Waals surface area contributed by atoms with E-state index < -0.39 is 0 Å². The molecule has 0 saturated carbocycles. The Morgan fingerprint density at radius 3 is 1.64 bits per heavy atom. The molecule has 0 amide bonds. The highest BCUT2D eigenvalue weighted by Crippen LogP contribution is 1.98. The van der Waals surface area contributed by atoms with Gasteiger partial charge in [0.15, 0.2) is 0 Å². The maximum atomic E-state index is 8.36. The molecule has 5 N–H and O–H groups in total. The van der Waals surface area contributed by atoms with Crippen LogP contribution in [0.5, 0.6) is 0 Å². The van der Waals surface area contributed by atoms with Crippen molar-refractivity contribution in [1.82, 2.24) is 6.15 Å². The molecule has 0 atom stereocenters. The van der Waals surface area contributed by atoms with Crippen LogP contribution in [0.2, 0.25) is 0 Å². The van der Waals surface area contributed by atoms with Crippen LogP contribution in [0.15, 0.2) is 0 Å². The van der Waals surface area contributed by atoms with Gasteiger partial charge in [-0.3, -0.25) is 4.79 Å². The summed E-state index contributed by atoms with van der Waals surface area (Å²) in [6.45, 7) is 1.75. The van der Waals surface area contributed by atoms with Gasteiger partial charge < -0.3 is 21.1 Å². The highest BCUT2D eigenvalue weighted by Gasteiger charge is 1.94. The van der Waals surface area contributed by atoms with Crippen molar-refractivity contribution in [3.05, 3.63) is 0 Å². The Labute approximate surface area is 66.6 Å². The molecule has 11 heavy (non-hydrogen) atoms. The number of carbonyl (C=O) groups is 1. The van der Waals surface area contributed by atoms with Crippen LogP contribution in [0.3, 0.4) is 0 Å². The zero-order valence-electron chi connectivity index (χ0n) is 6.82. The smallest absolute Gasteiger partial charge is 0.290 e. The molecule has 0 aromatic heterocycles. The molecule has 0 unspecified atom stereocenters. The Kier molecular flexibility index (Phi) is 34.7. The Morgan fingerprint density at radius 1 is 1.27 bits per heavy atom. The Bertz CT molecular complexity index is 48.9. The molecular weight excluding hydrogens is 150 g/mol. The lowest BCUT2D eigenvalue weighted by Crippen LogP contribution is -1.74. The molecule has 0 aromatic carbocycles. The second-order valence-electron chi connectivity index (χ2n) is 1.42. The summed E-state index contributed by atoms with van der Waals surface area (Å²) in [6, 6.07) is 0. The lowest BCUT2D eigenvalue weighted by Gasteiger charge is -1.76. The zero-order chi connectivity index (χ0) is 8.24. The van der Waals surface area contributed by atoms with Crippen molar-refractivity contribution in [2.24, 2.45) is 0 Å². The van der Waals surface area contributed by atoms with Crippen LogP contribution in [0, 0.1) is 0 Å². The van der Waals surface area contributed by atoms with Gasteiger partial charge in [0.2, 0.25) is 0 Å². The van der Waals surface area contributed by atoms with E-state index in [1.54, 1.807) is 0 Å². The predicted octanol–water partition coefficient (Wildman–Crippen LogP) is 0.268. The molecule has 1 aliphatic rings. The zero-order valence-corrected chi connectivity index (χ0v) is 6.82. The van der Waals surface area contributed by atoms with Crippen LogP contribution in [-0.2, 0) is 9.53 Å². The van der Waals surface area contributed by atoms with Gasteiger partial charge in [-0.05, 0) is 12.8 Å². The Morgan fingerprint density at radius 2 is 1.55 bits per heavy atom. The quantitative estimate of drug-likeness (QED) is 0.449. The van der Waals surface area contributed by atoms with Crippen LogP contribution in [0.1, 0.15) is 12.8 Å². The number of aliphatic hydroxyl groups is 1. The van der Waals surface area contributed by atoms with Gasteiger partial charge in [-0.15, -0.1) is 0 Å². The van der Waals surface area contributed by atoms with Crippen LogP contribution < -0.4 is 6.15 Å². The van der Waals surface area contributed by atoms with Gasteiger partial charge in [0.1, 0.15) is 0 Å². The number of carboxylic acid groups (broad SMARTS) is 1. The van der Waals surface area contributed by atoms with Gasteiger partial charge in [0.25, 0.3) is 6.47 Å². The van der Waals surface area contributed by atoms with Gasteiger partial charge in [-0.25, -0.2) is 0 Å². The lowest BCUT2D eigenvalue weighted by molar-refractivity contribution is -0.122. The van der Waals surface area contributed by atoms with E-state index >= 15 is 0 Å². The van der Waals surface area contributed by atoms with E-state index in [0.29, 0.717) is 0 Å². The van der Waals surface area contributed by atoms with Crippen molar-refractivity contribution in [2.75, 3.05) is 20.3 Å². The summed E-state index contributed by atoms with van der Waals surface area (Å²) in [5.41, 5.74) is 0. The van der Waals surface area contributed by atoms with Crippen molar-refractivity contribution in [3.63, 3.8) is 0 Å². The second kappa shape index (κ2) is 22.8. The first kappa shape index (κ1) is 16.7. The average Bonchev–Trinajstić information content (AvgIpc) is 2.48. The normalized spacial score (nSPS) is 12.5. The summed E-state index contributed by atoms with van der Waals surface area (Å²) in [4.78, 5) is 8.36. The molecule has 1 heterocycles. The molecule has 5 heteroatoms. The monoisotopic (exact) mass is 167 g/mol. The van der Waals surface area contributed by atoms with E-state index in [2.05, 4.69) is 0 Å². The number of ether oxygens (including phenoxy) is 1. The average molecular weight is 167 g/mol. The minimum atomic E-state index is -0.250. The van der Waals surface area contributed by atoms with Crippen LogP contribution in [0.4, 0.5) is 0 Å². The maximum absolute atomic E-state index is 8.36. The van der Waals surface area contributed by atoms with E-state index in [4.69, 9.17) is 19.7 Å². The minimum Gasteiger partial charge on any atom is -0.483 e. The van der Waals surface area contributed by atoms with Gasteiger partial charge in [0, 0.05) is 20.3 Å². The fraction of sp³-hybridized carbons (Fsp3) is 0.833. The summed E-state index contributed by atoms with van der Waals surface area (Å²) in [5.74, 6) is 0. The Hall–Kier alpha value is -0.650. The van der Waals surface area contributed by atoms with Gasteiger partial charge in [-0.1, -0.05) is 0 Å². The fourth-order valence-corrected chi connectivity index (χ4v) is 0.510. The van der Waals surface area contributed by atoms with Gasteiger partial charge >= 0.3 is 0 Å². The summed E-state index contributed by atoms with van der Waals surface area (Å²) < 4.78 is 4.94. The van der Waals surface area contributed by atoms with Crippen molar-refractivity contribution >= 4 is 6.47 Å². The molecular formula is C6H17NO4. The van der Waals surface area contributed by atoms with Crippen molar-refractivity contribution < 1.29 is 19.7 Å². The predicted molar refractivity (Wildman–Crippen MR) is 41.9 cm³/mol. The largest absolute Gasteiger partial charge is 0.483 e. The van der Waals surface area contributed by atoms with E-state index in [1.807, 2.05) is 0 Å². The van der Waals surface area contributed by atoms with E-state index in [9.17, 15) is 0 Å². The first-order valence-electron chi connectivity index (χ1n) is 3.02. The molecule has 0 aromatic rings. The van der Waals surface area contributed by atoms with Crippen LogP contribution in [0.25, 0.3) is 0 Å². The first-order chi connectivity index (χ1) is 4.91. The summed E-state index contributed by atoms with van der Waals surface area (Å²) in [7, 11) is 1.00. The molecule has 0 bridgehead atoms. The molecule has 5 nitrogen and oxygen atoms in total. The topological polar surface area (TPSA) is 102 Å². The van der Waals surface area contributed by atoms with E-state index in [-0.39, 0.29) is 12.6 Å². The number of hydrogen-bond acceptors (Lipinski definition) is 4. The van der Waals surface area contributed by atoms with Crippen molar-refractivity contribution in [3.8, 4) is 0 Å². The third-order valence-electron chi connectivity index (χ3n) is 0.827. The van der Waals surface area contributed by atoms with E-state index in [1.165, 1.54) is 12.8 Å². The summed E-state index contributed by atoms with van der Waals surface area (Å²) in [5, 5.41) is 13.9. The molecule has 1 rings (SSSR count). The number of aliphatic hydroxyl groups excluding tert-OH is 1. The number of hydrogen-bond donors (Lipinski definition) is 3. The third kappa shape index (κ3) is 26.7. The highest BCUT2D eigenvalue weighted by atomic mass is 16.5. The molecule has 70 valence electrons. The lowest BCUT2D eigenvalue weighted by atomic mass is 10.4. The van der Waals surface area contributed by atoms with Gasteiger partial charge in [0.05, 0.1) is 0 Å². The SMILES string of the molecule is C1CCOC1.CO.N.O=CO. The van der Waals surface area contributed by atoms with Crippen LogP contribution >= 0.6 is 0 Å². The molecule has 0 aliphatic carbocycles. The summed E-state index contributed by atoms with van der Waals surface area (Å²) >= 11 is 0. The Balaban J connectivity index is -0.0000000956. The molecule has 1 saturated heterocycles. The second-order valence-corrected chi connectivity index (χ2v) is 1.42. The highest BCUT2D eigenvalue weighted by molar-refractivity contribution is 5.32. The maximum Gasteiger partial charge on any atom is 0.290 e. The molecule has 1 aliphatic heterocycles. The molecule has 1 fully saturated rings. The van der Waals surface area contributed by atoms with Crippen molar-refractivity contribution in [1.29, 1.82) is 0 Å². The van der Waals surface area contributed by atoms with Crippen molar-refractivity contribution in [2.45, 2.75) is 12.8 Å². The molecule has 0 radical (unpaired) electrons. The molecule has 0 spiro atoms. The summed E-state index contributed by atoms with van der Waals surface area (Å²) in [6.07, 6.45) is 2.56. The van der Waals surface area contributed by atoms with Gasteiger partial charge in [-0.2, -0.15) is 0 Å². The third-order valence-corrected chi connectivity index (χ3v) is 0.827.